The Morgan fingerprint density at radius 3 is 2.32 bits per heavy atom. The molecule has 1 unspecified atom stereocenters. The third-order valence-electron chi connectivity index (χ3n) is 2.51. The molecule has 0 fully saturated rings. The van der Waals surface area contributed by atoms with Gasteiger partial charge in [-0.2, -0.15) is 0 Å². The largest absolute Gasteiger partial charge is 0.480 e. The van der Waals surface area contributed by atoms with Crippen LogP contribution in [-0.4, -0.2) is 23.1 Å². The molecule has 104 valence electrons. The standard InChI is InChI=1S/C13H17IN2O3/c1-13(2,3)10(11(17)18)16-12(19)15-9-7-5-4-6-8(9)14/h4-7,10H,1-3H3,(H,17,18)(H2,15,16,19). The Labute approximate surface area is 125 Å². The van der Waals surface area contributed by atoms with Crippen molar-refractivity contribution in [2.45, 2.75) is 26.8 Å². The number of aliphatic carboxylic acids is 1. The lowest BCUT2D eigenvalue weighted by Crippen LogP contribution is -2.50. The minimum atomic E-state index is -1.05. The smallest absolute Gasteiger partial charge is 0.326 e. The van der Waals surface area contributed by atoms with Crippen molar-refractivity contribution in [3.63, 3.8) is 0 Å². The van der Waals surface area contributed by atoms with Crippen LogP contribution in [0.3, 0.4) is 0 Å². The topological polar surface area (TPSA) is 78.4 Å². The summed E-state index contributed by atoms with van der Waals surface area (Å²) in [6.45, 7) is 5.29. The average Bonchev–Trinajstić information content (AvgIpc) is 2.27. The number of para-hydroxylation sites is 1. The fourth-order valence-electron chi connectivity index (χ4n) is 1.50. The second-order valence-corrected chi connectivity index (χ2v) is 6.38. The molecule has 0 bridgehead atoms. The molecule has 1 atom stereocenters. The second kappa shape index (κ2) is 6.23. The Morgan fingerprint density at radius 2 is 1.84 bits per heavy atom. The third-order valence-corrected chi connectivity index (χ3v) is 3.45. The first-order chi connectivity index (χ1) is 8.71. The van der Waals surface area contributed by atoms with Gasteiger partial charge < -0.3 is 15.7 Å². The molecule has 0 aliphatic carbocycles. The minimum absolute atomic E-state index is 0.522. The number of hydrogen-bond acceptors (Lipinski definition) is 2. The number of rotatable bonds is 3. The Morgan fingerprint density at radius 1 is 1.26 bits per heavy atom. The summed E-state index contributed by atoms with van der Waals surface area (Å²) in [7, 11) is 0. The van der Waals surface area contributed by atoms with Gasteiger partial charge in [-0.25, -0.2) is 9.59 Å². The molecule has 0 saturated carbocycles. The molecule has 2 amide bonds. The van der Waals surface area contributed by atoms with E-state index in [1.165, 1.54) is 0 Å². The van der Waals surface area contributed by atoms with Gasteiger partial charge in [0.1, 0.15) is 6.04 Å². The third kappa shape index (κ3) is 4.70. The number of anilines is 1. The van der Waals surface area contributed by atoms with Gasteiger partial charge in [0, 0.05) is 3.57 Å². The van der Waals surface area contributed by atoms with E-state index in [-0.39, 0.29) is 0 Å². The molecular weight excluding hydrogens is 359 g/mol. The Balaban J connectivity index is 2.75. The van der Waals surface area contributed by atoms with E-state index >= 15 is 0 Å². The van der Waals surface area contributed by atoms with Crippen molar-refractivity contribution in [1.82, 2.24) is 5.32 Å². The highest BCUT2D eigenvalue weighted by molar-refractivity contribution is 14.1. The maximum absolute atomic E-state index is 11.8. The summed E-state index contributed by atoms with van der Waals surface area (Å²) in [5, 5.41) is 14.3. The first-order valence-corrected chi connectivity index (χ1v) is 6.84. The molecule has 19 heavy (non-hydrogen) atoms. The number of carbonyl (C=O) groups excluding carboxylic acids is 1. The molecular formula is C13H17IN2O3. The van der Waals surface area contributed by atoms with Crippen molar-refractivity contribution >= 4 is 40.3 Å². The highest BCUT2D eigenvalue weighted by Gasteiger charge is 2.32. The van der Waals surface area contributed by atoms with Gasteiger partial charge in [-0.1, -0.05) is 32.9 Å². The van der Waals surface area contributed by atoms with Gasteiger partial charge in [0.2, 0.25) is 0 Å². The predicted molar refractivity (Wildman–Crippen MR) is 82.2 cm³/mol. The van der Waals surface area contributed by atoms with Crippen LogP contribution in [0.25, 0.3) is 0 Å². The molecule has 0 spiro atoms. The zero-order valence-electron chi connectivity index (χ0n) is 11.0. The summed E-state index contributed by atoms with van der Waals surface area (Å²) >= 11 is 2.10. The van der Waals surface area contributed by atoms with Gasteiger partial charge in [0.15, 0.2) is 0 Å². The molecule has 0 aliphatic rings. The first kappa shape index (κ1) is 15.7. The van der Waals surface area contributed by atoms with Crippen LogP contribution < -0.4 is 10.6 Å². The maximum Gasteiger partial charge on any atom is 0.326 e. The average molecular weight is 376 g/mol. The number of carboxylic acid groups (broad SMARTS) is 1. The molecule has 0 aromatic heterocycles. The second-order valence-electron chi connectivity index (χ2n) is 5.22. The number of carboxylic acids is 1. The van der Waals surface area contributed by atoms with Crippen LogP contribution >= 0.6 is 22.6 Å². The van der Waals surface area contributed by atoms with E-state index in [1.54, 1.807) is 32.9 Å². The number of urea groups is 1. The molecule has 0 saturated heterocycles. The summed E-state index contributed by atoms with van der Waals surface area (Å²) < 4.78 is 0.887. The van der Waals surface area contributed by atoms with Crippen LogP contribution in [0.4, 0.5) is 10.5 Å². The molecule has 3 N–H and O–H groups in total. The van der Waals surface area contributed by atoms with Crippen LogP contribution in [0.5, 0.6) is 0 Å². The normalized spacial score (nSPS) is 12.6. The zero-order valence-corrected chi connectivity index (χ0v) is 13.2. The van der Waals surface area contributed by atoms with E-state index in [0.717, 1.165) is 3.57 Å². The number of benzene rings is 1. The van der Waals surface area contributed by atoms with E-state index in [0.29, 0.717) is 5.69 Å². The van der Waals surface area contributed by atoms with Gasteiger partial charge in [0.05, 0.1) is 5.69 Å². The van der Waals surface area contributed by atoms with Crippen molar-refractivity contribution in [2.75, 3.05) is 5.32 Å². The van der Waals surface area contributed by atoms with Crippen LogP contribution in [0.1, 0.15) is 20.8 Å². The van der Waals surface area contributed by atoms with Gasteiger partial charge >= 0.3 is 12.0 Å². The Hall–Kier alpha value is -1.31. The maximum atomic E-state index is 11.8. The van der Waals surface area contributed by atoms with E-state index in [2.05, 4.69) is 33.2 Å². The fourth-order valence-corrected chi connectivity index (χ4v) is 2.02. The fraction of sp³-hybridized carbons (Fsp3) is 0.385. The molecule has 5 nitrogen and oxygen atoms in total. The van der Waals surface area contributed by atoms with Crippen LogP contribution in [0, 0.1) is 8.99 Å². The quantitative estimate of drug-likeness (QED) is 0.710. The number of amides is 2. The van der Waals surface area contributed by atoms with Crippen LogP contribution in [-0.2, 0) is 4.79 Å². The summed E-state index contributed by atoms with van der Waals surface area (Å²) in [6.07, 6.45) is 0. The lowest BCUT2D eigenvalue weighted by molar-refractivity contribution is -0.141. The van der Waals surface area contributed by atoms with Gasteiger partial charge in [-0.3, -0.25) is 0 Å². The van der Waals surface area contributed by atoms with Crippen LogP contribution in [0.15, 0.2) is 24.3 Å². The van der Waals surface area contributed by atoms with Crippen molar-refractivity contribution in [1.29, 1.82) is 0 Å². The molecule has 0 aliphatic heterocycles. The monoisotopic (exact) mass is 376 g/mol. The highest BCUT2D eigenvalue weighted by Crippen LogP contribution is 2.20. The van der Waals surface area contributed by atoms with Crippen molar-refractivity contribution < 1.29 is 14.7 Å². The number of nitrogens with one attached hydrogen (secondary N) is 2. The highest BCUT2D eigenvalue weighted by atomic mass is 127. The molecule has 0 radical (unpaired) electrons. The van der Waals surface area contributed by atoms with Gasteiger partial charge in [-0.15, -0.1) is 0 Å². The van der Waals surface area contributed by atoms with E-state index in [1.807, 2.05) is 12.1 Å². The minimum Gasteiger partial charge on any atom is -0.480 e. The number of carbonyl (C=O) groups is 2. The van der Waals surface area contributed by atoms with E-state index in [9.17, 15) is 9.59 Å². The molecule has 1 rings (SSSR count). The Bertz CT molecular complexity index is 483. The lowest BCUT2D eigenvalue weighted by atomic mass is 9.87. The first-order valence-electron chi connectivity index (χ1n) is 5.76. The molecule has 6 heteroatoms. The number of halogens is 1. The number of hydrogen-bond donors (Lipinski definition) is 3. The van der Waals surface area contributed by atoms with Gasteiger partial charge in [0.25, 0.3) is 0 Å². The van der Waals surface area contributed by atoms with Gasteiger partial charge in [-0.05, 0) is 40.1 Å². The summed E-state index contributed by atoms with van der Waals surface area (Å²) in [4.78, 5) is 23.0. The molecule has 0 heterocycles. The Kier molecular flexibility index (Phi) is 5.16. The van der Waals surface area contributed by atoms with E-state index in [4.69, 9.17) is 5.11 Å². The predicted octanol–water partition coefficient (Wildman–Crippen LogP) is 2.91. The lowest BCUT2D eigenvalue weighted by Gasteiger charge is -2.27. The van der Waals surface area contributed by atoms with E-state index < -0.39 is 23.5 Å². The SMILES string of the molecule is CC(C)(C)C(NC(=O)Nc1ccccc1I)C(=O)O. The molecule has 1 aromatic carbocycles. The summed E-state index contributed by atoms with van der Waals surface area (Å²) in [5.74, 6) is -1.05. The summed E-state index contributed by atoms with van der Waals surface area (Å²) in [6, 6.07) is 5.80. The zero-order chi connectivity index (χ0) is 14.6. The van der Waals surface area contributed by atoms with Crippen molar-refractivity contribution in [2.24, 2.45) is 5.41 Å². The van der Waals surface area contributed by atoms with Crippen molar-refractivity contribution in [3.8, 4) is 0 Å². The van der Waals surface area contributed by atoms with Crippen molar-refractivity contribution in [3.05, 3.63) is 27.8 Å². The van der Waals surface area contributed by atoms with Crippen LogP contribution in [0.2, 0.25) is 0 Å². The molecule has 1 aromatic rings. The summed E-state index contributed by atoms with van der Waals surface area (Å²) in [5.41, 5.74) is 0.0890.